The Kier molecular flexibility index (Phi) is 4.67. The van der Waals surface area contributed by atoms with Gasteiger partial charge in [0, 0.05) is 18.0 Å². The van der Waals surface area contributed by atoms with Gasteiger partial charge in [-0.25, -0.2) is 4.79 Å². The zero-order chi connectivity index (χ0) is 19.7. The van der Waals surface area contributed by atoms with E-state index in [0.717, 1.165) is 5.56 Å². The number of halogens is 1. The molecular weight excluding hydrogens is 378 g/mol. The number of fused-ring (bicyclic) bond motifs is 1. The molecule has 0 saturated heterocycles. The molecule has 0 saturated carbocycles. The van der Waals surface area contributed by atoms with Gasteiger partial charge < -0.3 is 9.15 Å². The summed E-state index contributed by atoms with van der Waals surface area (Å²) in [5, 5.41) is 0.695. The molecule has 4 aromatic rings. The lowest BCUT2D eigenvalue weighted by molar-refractivity contribution is 0.0731. The maximum atomic E-state index is 13.2. The molecule has 2 aromatic heterocycles. The first kappa shape index (κ1) is 17.9. The summed E-state index contributed by atoms with van der Waals surface area (Å²) >= 11 is 6.30. The zero-order valence-electron chi connectivity index (χ0n) is 14.8. The van der Waals surface area contributed by atoms with E-state index in [2.05, 4.69) is 4.98 Å². The van der Waals surface area contributed by atoms with E-state index in [9.17, 15) is 9.59 Å². The number of hydrogen-bond donors (Lipinski definition) is 0. The van der Waals surface area contributed by atoms with E-state index in [1.54, 1.807) is 54.7 Å². The number of aryl methyl sites for hydroxylation is 1. The highest BCUT2D eigenvalue weighted by Crippen LogP contribution is 2.35. The lowest BCUT2D eigenvalue weighted by Crippen LogP contribution is -2.16. The maximum Gasteiger partial charge on any atom is 0.345 e. The number of carbonyl (C=O) groups excluding carboxylic acids is 1. The summed E-state index contributed by atoms with van der Waals surface area (Å²) in [7, 11) is 0. The van der Waals surface area contributed by atoms with Crippen LogP contribution in [0.2, 0.25) is 5.02 Å². The molecule has 0 unspecified atom stereocenters. The van der Waals surface area contributed by atoms with Gasteiger partial charge in [0.25, 0.3) is 0 Å². The molecule has 0 aliphatic rings. The molecule has 4 rings (SSSR count). The monoisotopic (exact) mass is 391 g/mol. The molecule has 6 heteroatoms. The summed E-state index contributed by atoms with van der Waals surface area (Å²) in [6, 6.07) is 15.3. The highest BCUT2D eigenvalue weighted by Gasteiger charge is 2.22. The molecule has 0 amide bonds. The van der Waals surface area contributed by atoms with Gasteiger partial charge in [0.15, 0.2) is 5.76 Å². The summed E-state index contributed by atoms with van der Waals surface area (Å²) in [4.78, 5) is 29.6. The van der Waals surface area contributed by atoms with Crippen LogP contribution in [0.1, 0.15) is 15.9 Å². The Bertz CT molecular complexity index is 1250. The topological polar surface area (TPSA) is 69.4 Å². The van der Waals surface area contributed by atoms with E-state index in [4.69, 9.17) is 20.8 Å². The van der Waals surface area contributed by atoms with Gasteiger partial charge in [-0.05, 0) is 43.3 Å². The Labute approximate surface area is 165 Å². The lowest BCUT2D eigenvalue weighted by Gasteiger charge is -2.11. The van der Waals surface area contributed by atoms with E-state index in [1.165, 1.54) is 6.20 Å². The number of esters is 1. The standard InChI is InChI=1S/C22H14ClNO4/c1-13-8-9-18-16(11-13)19(25)21(28-22(26)14-5-4-10-24-12-14)20(27-18)15-6-2-3-7-17(15)23/h2-12H,1H3. The minimum atomic E-state index is -0.708. The molecule has 5 nitrogen and oxygen atoms in total. The number of aromatic nitrogens is 1. The second-order valence-corrected chi connectivity index (χ2v) is 6.61. The Morgan fingerprint density at radius 1 is 1.11 bits per heavy atom. The van der Waals surface area contributed by atoms with E-state index < -0.39 is 11.4 Å². The molecule has 0 aliphatic carbocycles. The summed E-state index contributed by atoms with van der Waals surface area (Å²) in [6.45, 7) is 1.86. The van der Waals surface area contributed by atoms with Crippen LogP contribution in [0.5, 0.6) is 5.75 Å². The number of carbonyl (C=O) groups is 1. The fourth-order valence-electron chi connectivity index (χ4n) is 2.84. The SMILES string of the molecule is Cc1ccc2oc(-c3ccccc3Cl)c(OC(=O)c3cccnc3)c(=O)c2c1. The fraction of sp³-hybridized carbons (Fsp3) is 0.0455. The Morgan fingerprint density at radius 2 is 1.93 bits per heavy atom. The number of rotatable bonds is 3. The molecular formula is C22H14ClNO4. The first-order chi connectivity index (χ1) is 13.5. The summed E-state index contributed by atoms with van der Waals surface area (Å²) in [6.07, 6.45) is 2.91. The van der Waals surface area contributed by atoms with Gasteiger partial charge in [-0.1, -0.05) is 35.4 Å². The molecule has 0 spiro atoms. The fourth-order valence-corrected chi connectivity index (χ4v) is 3.06. The molecule has 0 atom stereocenters. The minimum Gasteiger partial charge on any atom is -0.452 e. The third kappa shape index (κ3) is 3.28. The van der Waals surface area contributed by atoms with Crippen molar-refractivity contribution in [3.63, 3.8) is 0 Å². The van der Waals surface area contributed by atoms with Gasteiger partial charge in [0.2, 0.25) is 11.2 Å². The molecule has 28 heavy (non-hydrogen) atoms. The quantitative estimate of drug-likeness (QED) is 0.458. The lowest BCUT2D eigenvalue weighted by atomic mass is 10.1. The highest BCUT2D eigenvalue weighted by molar-refractivity contribution is 6.33. The third-order valence-corrected chi connectivity index (χ3v) is 4.54. The molecule has 0 aliphatic heterocycles. The molecule has 0 bridgehead atoms. The van der Waals surface area contributed by atoms with E-state index in [-0.39, 0.29) is 17.1 Å². The largest absolute Gasteiger partial charge is 0.452 e. The maximum absolute atomic E-state index is 13.2. The second-order valence-electron chi connectivity index (χ2n) is 6.20. The first-order valence-corrected chi connectivity index (χ1v) is 8.87. The molecule has 0 N–H and O–H groups in total. The zero-order valence-corrected chi connectivity index (χ0v) is 15.6. The van der Waals surface area contributed by atoms with Crippen LogP contribution in [0.25, 0.3) is 22.3 Å². The van der Waals surface area contributed by atoms with Crippen molar-refractivity contribution in [1.82, 2.24) is 4.98 Å². The average molecular weight is 392 g/mol. The van der Waals surface area contributed by atoms with Crippen LogP contribution >= 0.6 is 11.6 Å². The van der Waals surface area contributed by atoms with Crippen LogP contribution in [0.15, 0.2) is 76.2 Å². The smallest absolute Gasteiger partial charge is 0.345 e. The molecule has 0 fully saturated rings. The number of ether oxygens (including phenoxy) is 1. The Morgan fingerprint density at radius 3 is 2.68 bits per heavy atom. The van der Waals surface area contributed by atoms with Crippen LogP contribution in [0, 0.1) is 6.92 Å². The van der Waals surface area contributed by atoms with Crippen molar-refractivity contribution >= 4 is 28.5 Å². The molecule has 138 valence electrons. The van der Waals surface area contributed by atoms with E-state index in [1.807, 2.05) is 13.0 Å². The van der Waals surface area contributed by atoms with Gasteiger partial charge in [-0.2, -0.15) is 0 Å². The van der Waals surface area contributed by atoms with Crippen molar-refractivity contribution in [2.24, 2.45) is 0 Å². The van der Waals surface area contributed by atoms with Crippen LogP contribution < -0.4 is 10.2 Å². The number of nitrogens with zero attached hydrogens (tertiary/aromatic N) is 1. The van der Waals surface area contributed by atoms with Crippen LogP contribution in [0.4, 0.5) is 0 Å². The van der Waals surface area contributed by atoms with Gasteiger partial charge in [-0.3, -0.25) is 9.78 Å². The van der Waals surface area contributed by atoms with Crippen molar-refractivity contribution in [2.75, 3.05) is 0 Å². The van der Waals surface area contributed by atoms with Crippen LogP contribution in [0.3, 0.4) is 0 Å². The van der Waals surface area contributed by atoms with Gasteiger partial charge >= 0.3 is 5.97 Å². The average Bonchev–Trinajstić information content (AvgIpc) is 2.71. The number of pyridine rings is 1. The summed E-state index contributed by atoms with van der Waals surface area (Å²) < 4.78 is 11.4. The van der Waals surface area contributed by atoms with Crippen molar-refractivity contribution in [1.29, 1.82) is 0 Å². The van der Waals surface area contributed by atoms with E-state index >= 15 is 0 Å². The van der Waals surface area contributed by atoms with Crippen LogP contribution in [-0.4, -0.2) is 11.0 Å². The molecule has 2 heterocycles. The van der Waals surface area contributed by atoms with Gasteiger partial charge in [0.05, 0.1) is 16.0 Å². The Hall–Kier alpha value is -3.44. The predicted molar refractivity (Wildman–Crippen MR) is 107 cm³/mol. The highest BCUT2D eigenvalue weighted by atomic mass is 35.5. The van der Waals surface area contributed by atoms with E-state index in [0.29, 0.717) is 21.6 Å². The normalized spacial score (nSPS) is 10.8. The van der Waals surface area contributed by atoms with Crippen molar-refractivity contribution in [2.45, 2.75) is 6.92 Å². The summed E-state index contributed by atoms with van der Waals surface area (Å²) in [5.74, 6) is -0.815. The van der Waals surface area contributed by atoms with Crippen molar-refractivity contribution in [3.05, 3.63) is 93.4 Å². The van der Waals surface area contributed by atoms with Crippen LogP contribution in [-0.2, 0) is 0 Å². The molecule has 2 aromatic carbocycles. The van der Waals surface area contributed by atoms with Crippen molar-refractivity contribution in [3.8, 4) is 17.1 Å². The van der Waals surface area contributed by atoms with Gasteiger partial charge in [-0.15, -0.1) is 0 Å². The minimum absolute atomic E-state index is 0.101. The first-order valence-electron chi connectivity index (χ1n) is 8.49. The Balaban J connectivity index is 1.95. The van der Waals surface area contributed by atoms with Crippen molar-refractivity contribution < 1.29 is 13.9 Å². The number of hydrogen-bond acceptors (Lipinski definition) is 5. The number of benzene rings is 2. The molecule has 0 radical (unpaired) electrons. The third-order valence-electron chi connectivity index (χ3n) is 4.21. The van der Waals surface area contributed by atoms with Gasteiger partial charge in [0.1, 0.15) is 5.58 Å². The second kappa shape index (κ2) is 7.29. The summed E-state index contributed by atoms with van der Waals surface area (Å²) in [5.41, 5.74) is 1.49. The predicted octanol–water partition coefficient (Wildman–Crippen LogP) is 5.04.